The second-order valence-electron chi connectivity index (χ2n) is 5.40. The van der Waals surface area contributed by atoms with Crippen LogP contribution >= 0.6 is 0 Å². The average Bonchev–Trinajstić information content (AvgIpc) is 2.57. The van der Waals surface area contributed by atoms with E-state index in [-0.39, 0.29) is 0 Å². The summed E-state index contributed by atoms with van der Waals surface area (Å²) in [6, 6.07) is 5.36. The first kappa shape index (κ1) is 19.9. The second kappa shape index (κ2) is 7.89. The molecule has 1 amide bonds. The number of anilines is 1. The first-order valence-electron chi connectivity index (χ1n) is 7.54. The molecule has 0 fully saturated rings. The molecule has 1 atom stereocenters. The van der Waals surface area contributed by atoms with Crippen molar-refractivity contribution in [1.29, 1.82) is 0 Å². The highest BCUT2D eigenvalue weighted by Crippen LogP contribution is 2.34. The number of para-hydroxylation sites is 1. The van der Waals surface area contributed by atoms with Crippen LogP contribution in [0.2, 0.25) is 0 Å². The Morgan fingerprint density at radius 1 is 1.22 bits per heavy atom. The third kappa shape index (κ3) is 5.30. The molecule has 0 radical (unpaired) electrons. The SMILES string of the molecule is C[C@H](OC(=O)Cn1ccc(=O)[nH]c1=O)C(=O)Nc1ccccc1C(F)(F)F. The van der Waals surface area contributed by atoms with Crippen LogP contribution in [0.15, 0.2) is 46.1 Å². The number of H-pyrrole nitrogens is 1. The van der Waals surface area contributed by atoms with Crippen LogP contribution in [0.4, 0.5) is 18.9 Å². The van der Waals surface area contributed by atoms with Crippen molar-refractivity contribution in [2.24, 2.45) is 0 Å². The Bertz CT molecular complexity index is 965. The molecule has 144 valence electrons. The monoisotopic (exact) mass is 385 g/mol. The van der Waals surface area contributed by atoms with E-state index in [1.54, 1.807) is 0 Å². The summed E-state index contributed by atoms with van der Waals surface area (Å²) < 4.78 is 44.4. The summed E-state index contributed by atoms with van der Waals surface area (Å²) in [4.78, 5) is 48.2. The summed E-state index contributed by atoms with van der Waals surface area (Å²) in [5, 5.41) is 2.05. The molecule has 0 unspecified atom stereocenters. The number of carbonyl (C=O) groups is 2. The summed E-state index contributed by atoms with van der Waals surface area (Å²) in [5.41, 5.74) is -3.03. The molecular formula is C16H14F3N3O5. The number of esters is 1. The minimum Gasteiger partial charge on any atom is -0.451 e. The average molecular weight is 385 g/mol. The van der Waals surface area contributed by atoms with E-state index in [4.69, 9.17) is 4.74 Å². The van der Waals surface area contributed by atoms with Crippen molar-refractivity contribution in [2.75, 3.05) is 5.32 Å². The molecule has 1 aromatic carbocycles. The van der Waals surface area contributed by atoms with Crippen LogP contribution < -0.4 is 16.6 Å². The van der Waals surface area contributed by atoms with Crippen LogP contribution in [0.1, 0.15) is 12.5 Å². The van der Waals surface area contributed by atoms with Gasteiger partial charge in [-0.15, -0.1) is 0 Å². The van der Waals surface area contributed by atoms with E-state index in [1.807, 2.05) is 4.98 Å². The number of ether oxygens (including phenoxy) is 1. The quantitative estimate of drug-likeness (QED) is 0.750. The fraction of sp³-hybridized carbons (Fsp3) is 0.250. The van der Waals surface area contributed by atoms with Gasteiger partial charge in [-0.05, 0) is 19.1 Å². The van der Waals surface area contributed by atoms with Gasteiger partial charge in [-0.2, -0.15) is 13.2 Å². The number of nitrogens with zero attached hydrogens (tertiary/aromatic N) is 1. The van der Waals surface area contributed by atoms with E-state index >= 15 is 0 Å². The molecule has 0 saturated heterocycles. The number of amides is 1. The summed E-state index contributed by atoms with van der Waals surface area (Å²) in [6.07, 6.45) is -5.03. The molecule has 27 heavy (non-hydrogen) atoms. The number of halogens is 3. The predicted molar refractivity (Wildman–Crippen MR) is 87.0 cm³/mol. The lowest BCUT2D eigenvalue weighted by atomic mass is 10.1. The number of carbonyl (C=O) groups excluding carboxylic acids is 2. The van der Waals surface area contributed by atoms with Crippen molar-refractivity contribution in [3.8, 4) is 0 Å². The fourth-order valence-electron chi connectivity index (χ4n) is 2.07. The molecule has 0 aliphatic carbocycles. The molecule has 0 aliphatic rings. The Kier molecular flexibility index (Phi) is 5.83. The summed E-state index contributed by atoms with van der Waals surface area (Å²) in [6.45, 7) is 0.575. The van der Waals surface area contributed by atoms with Gasteiger partial charge in [-0.3, -0.25) is 23.9 Å². The van der Waals surface area contributed by atoms with Gasteiger partial charge in [-0.25, -0.2) is 4.79 Å². The van der Waals surface area contributed by atoms with Crippen LogP contribution in [0, 0.1) is 0 Å². The normalized spacial score (nSPS) is 12.3. The molecular weight excluding hydrogens is 371 g/mol. The lowest BCUT2D eigenvalue weighted by Crippen LogP contribution is -2.35. The molecule has 8 nitrogen and oxygen atoms in total. The van der Waals surface area contributed by atoms with E-state index in [0.29, 0.717) is 0 Å². The molecule has 1 heterocycles. The Balaban J connectivity index is 2.03. The molecule has 2 N–H and O–H groups in total. The van der Waals surface area contributed by atoms with Gasteiger partial charge in [0.15, 0.2) is 6.10 Å². The molecule has 0 spiro atoms. The second-order valence-corrected chi connectivity index (χ2v) is 5.40. The minimum atomic E-state index is -4.67. The lowest BCUT2D eigenvalue weighted by Gasteiger charge is -2.17. The van der Waals surface area contributed by atoms with Crippen LogP contribution in [0.25, 0.3) is 0 Å². The smallest absolute Gasteiger partial charge is 0.418 e. The van der Waals surface area contributed by atoms with Crippen molar-refractivity contribution in [3.05, 3.63) is 62.9 Å². The van der Waals surface area contributed by atoms with Crippen molar-refractivity contribution in [1.82, 2.24) is 9.55 Å². The third-order valence-electron chi connectivity index (χ3n) is 3.36. The lowest BCUT2D eigenvalue weighted by molar-refractivity contribution is -0.153. The van der Waals surface area contributed by atoms with E-state index in [1.165, 1.54) is 19.1 Å². The Hall–Kier alpha value is -3.37. The maximum absolute atomic E-state index is 12.9. The third-order valence-corrected chi connectivity index (χ3v) is 3.36. The molecule has 1 aromatic heterocycles. The number of nitrogens with one attached hydrogen (secondary N) is 2. The summed E-state index contributed by atoms with van der Waals surface area (Å²) in [7, 11) is 0. The topological polar surface area (TPSA) is 110 Å². The molecule has 0 aliphatic heterocycles. The number of rotatable bonds is 5. The molecule has 0 saturated carbocycles. The Morgan fingerprint density at radius 3 is 2.52 bits per heavy atom. The zero-order valence-electron chi connectivity index (χ0n) is 13.9. The number of benzene rings is 1. The summed E-state index contributed by atoms with van der Waals surface area (Å²) >= 11 is 0. The number of alkyl halides is 3. The first-order valence-corrected chi connectivity index (χ1v) is 7.54. The maximum atomic E-state index is 12.9. The van der Waals surface area contributed by atoms with Gasteiger partial charge >= 0.3 is 17.8 Å². The van der Waals surface area contributed by atoms with E-state index < -0.39 is 53.2 Å². The van der Waals surface area contributed by atoms with Gasteiger partial charge in [0.1, 0.15) is 6.54 Å². The number of aromatic nitrogens is 2. The van der Waals surface area contributed by atoms with Gasteiger partial charge in [0.05, 0.1) is 11.3 Å². The van der Waals surface area contributed by atoms with Gasteiger partial charge in [-0.1, -0.05) is 12.1 Å². The van der Waals surface area contributed by atoms with Crippen molar-refractivity contribution in [3.63, 3.8) is 0 Å². The van der Waals surface area contributed by atoms with Crippen LogP contribution in [0.3, 0.4) is 0 Å². The van der Waals surface area contributed by atoms with Gasteiger partial charge < -0.3 is 10.1 Å². The predicted octanol–water partition coefficient (Wildman–Crippen LogP) is 1.13. The first-order chi connectivity index (χ1) is 12.6. The van der Waals surface area contributed by atoms with E-state index in [9.17, 15) is 32.3 Å². The Morgan fingerprint density at radius 2 is 1.89 bits per heavy atom. The molecule has 2 rings (SSSR count). The maximum Gasteiger partial charge on any atom is 0.418 e. The van der Waals surface area contributed by atoms with Crippen molar-refractivity contribution < 1.29 is 27.5 Å². The standard InChI is InChI=1S/C16H14F3N3O5/c1-9(27-13(24)8-22-7-6-12(23)21-15(22)26)14(25)20-11-5-3-2-4-10(11)16(17,18)19/h2-7,9H,8H2,1H3,(H,20,25)(H,21,23,26)/t9-/m0/s1. The number of hydrogen-bond donors (Lipinski definition) is 2. The highest BCUT2D eigenvalue weighted by Gasteiger charge is 2.34. The van der Waals surface area contributed by atoms with Crippen molar-refractivity contribution in [2.45, 2.75) is 25.7 Å². The summed E-state index contributed by atoms with van der Waals surface area (Å²) in [5.74, 6) is -1.97. The molecule has 11 heteroatoms. The highest BCUT2D eigenvalue weighted by atomic mass is 19.4. The van der Waals surface area contributed by atoms with Gasteiger partial charge in [0.25, 0.3) is 11.5 Å². The van der Waals surface area contributed by atoms with Crippen LogP contribution in [0.5, 0.6) is 0 Å². The van der Waals surface area contributed by atoms with E-state index in [2.05, 4.69) is 5.32 Å². The Labute approximate surface area is 149 Å². The van der Waals surface area contributed by atoms with Gasteiger partial charge in [0.2, 0.25) is 0 Å². The van der Waals surface area contributed by atoms with Gasteiger partial charge in [0, 0.05) is 12.3 Å². The number of hydrogen-bond acceptors (Lipinski definition) is 5. The van der Waals surface area contributed by atoms with E-state index in [0.717, 1.165) is 29.0 Å². The zero-order valence-corrected chi connectivity index (χ0v) is 13.9. The minimum absolute atomic E-state index is 0.477. The number of aromatic amines is 1. The molecule has 2 aromatic rings. The fourth-order valence-corrected chi connectivity index (χ4v) is 2.07. The highest BCUT2D eigenvalue weighted by molar-refractivity contribution is 5.95. The van der Waals surface area contributed by atoms with Crippen molar-refractivity contribution >= 4 is 17.6 Å². The van der Waals surface area contributed by atoms with Crippen LogP contribution in [-0.4, -0.2) is 27.5 Å². The molecule has 0 bridgehead atoms. The largest absolute Gasteiger partial charge is 0.451 e. The van der Waals surface area contributed by atoms with Crippen LogP contribution in [-0.2, 0) is 27.0 Å². The zero-order chi connectivity index (χ0) is 20.2.